The Balaban J connectivity index is 1.26. The van der Waals surface area contributed by atoms with E-state index in [-0.39, 0.29) is 56.9 Å². The number of anilines is 2. The number of hydrogen-bond donors (Lipinski definition) is 4. The zero-order chi connectivity index (χ0) is 39.7. The van der Waals surface area contributed by atoms with Gasteiger partial charge in [0.2, 0.25) is 0 Å². The largest absolute Gasteiger partial charge is 0.454 e. The van der Waals surface area contributed by atoms with Gasteiger partial charge in [0, 0.05) is 46.9 Å². The standard InChI is InChI=1S/C36H32Cl2N4O11S2/c1-19-25-15-29(37)33(17-31(25)52-35(43)27(19)13-21-7-5-9-23(11-21)39-54(45,46)41-49-3)51-34-18-32-26(16-30(34)38)20(2)28(36(44)53-32)14-22-8-6-10-24(12-22)40-55(47,48)42-50-4/h5-12,15-18,39-42H,13-14H2,1-4H3. The molecule has 0 radical (unpaired) electrons. The van der Waals surface area contributed by atoms with Crippen LogP contribution < -0.4 is 35.2 Å². The van der Waals surface area contributed by atoms with E-state index in [0.717, 1.165) is 0 Å². The molecule has 0 aliphatic carbocycles. The van der Waals surface area contributed by atoms with Gasteiger partial charge in [-0.25, -0.2) is 9.59 Å². The maximum Gasteiger partial charge on any atom is 0.340 e. The summed E-state index contributed by atoms with van der Waals surface area (Å²) in [7, 11) is -5.59. The van der Waals surface area contributed by atoms with Gasteiger partial charge in [-0.3, -0.25) is 19.1 Å². The molecule has 2 heterocycles. The summed E-state index contributed by atoms with van der Waals surface area (Å²) in [5.74, 6) is 0.226. The average Bonchev–Trinajstić information content (AvgIpc) is 3.10. The summed E-state index contributed by atoms with van der Waals surface area (Å²) < 4.78 is 70.3. The van der Waals surface area contributed by atoms with Gasteiger partial charge >= 0.3 is 31.7 Å². The van der Waals surface area contributed by atoms with Crippen molar-refractivity contribution in [1.29, 1.82) is 0 Å². The van der Waals surface area contributed by atoms with E-state index >= 15 is 0 Å². The van der Waals surface area contributed by atoms with Gasteiger partial charge in [-0.1, -0.05) is 57.2 Å². The van der Waals surface area contributed by atoms with Crippen molar-refractivity contribution < 1.29 is 40.1 Å². The first-order valence-electron chi connectivity index (χ1n) is 16.1. The van der Waals surface area contributed by atoms with Crippen LogP contribution >= 0.6 is 23.2 Å². The minimum atomic E-state index is -3.97. The molecule has 4 N–H and O–H groups in total. The van der Waals surface area contributed by atoms with Crippen LogP contribution in [0.1, 0.15) is 33.4 Å². The lowest BCUT2D eigenvalue weighted by Crippen LogP contribution is -2.29. The third-order valence-electron chi connectivity index (χ3n) is 8.41. The molecule has 6 aromatic rings. The molecule has 4 aromatic carbocycles. The first-order chi connectivity index (χ1) is 26.1. The lowest BCUT2D eigenvalue weighted by molar-refractivity contribution is 0.154. The monoisotopic (exact) mass is 830 g/mol. The van der Waals surface area contributed by atoms with Crippen molar-refractivity contribution in [1.82, 2.24) is 9.77 Å². The highest BCUT2D eigenvalue weighted by Gasteiger charge is 2.20. The van der Waals surface area contributed by atoms with E-state index in [1.165, 1.54) is 26.4 Å². The van der Waals surface area contributed by atoms with Gasteiger partial charge in [0.1, 0.15) is 22.7 Å². The minimum Gasteiger partial charge on any atom is -0.454 e. The van der Waals surface area contributed by atoms with Crippen molar-refractivity contribution in [3.05, 3.63) is 137 Å². The van der Waals surface area contributed by atoms with Gasteiger partial charge in [-0.2, -0.15) is 16.8 Å². The fraction of sp³-hybridized carbons (Fsp3) is 0.167. The Kier molecular flexibility index (Phi) is 11.6. The molecular formula is C36H32Cl2N4O11S2. The Hall–Kier alpha value is -4.98. The van der Waals surface area contributed by atoms with Crippen LogP contribution in [-0.4, -0.2) is 31.1 Å². The zero-order valence-corrected chi connectivity index (χ0v) is 32.6. The van der Waals surface area contributed by atoms with Gasteiger partial charge in [0.05, 0.1) is 35.6 Å². The second-order valence-electron chi connectivity index (χ2n) is 12.2. The van der Waals surface area contributed by atoms with E-state index in [1.54, 1.807) is 74.5 Å². The average molecular weight is 832 g/mol. The molecule has 288 valence electrons. The summed E-state index contributed by atoms with van der Waals surface area (Å²) in [6, 6.07) is 19.1. The van der Waals surface area contributed by atoms with E-state index in [1.807, 2.05) is 9.77 Å². The SMILES string of the molecule is CONS(=O)(=O)Nc1cccc(Cc2c(C)c3cc(Cl)c(Oc4cc5oc(=O)c(Cc6cccc(NS(=O)(=O)NOC)c6)c(C)c5cc4Cl)cc3oc2=O)c1. The van der Waals surface area contributed by atoms with E-state index < -0.39 is 31.7 Å². The minimum absolute atomic E-state index is 0.113. The first kappa shape index (κ1) is 39.7. The summed E-state index contributed by atoms with van der Waals surface area (Å²) in [6.07, 6.45) is 0.263. The van der Waals surface area contributed by atoms with Crippen LogP contribution in [0.4, 0.5) is 11.4 Å². The second kappa shape index (κ2) is 16.0. The highest BCUT2D eigenvalue weighted by atomic mass is 35.5. The number of fused-ring (bicyclic) bond motifs is 2. The molecule has 0 aliphatic heterocycles. The molecule has 19 heteroatoms. The predicted molar refractivity (Wildman–Crippen MR) is 208 cm³/mol. The molecule has 0 saturated heterocycles. The van der Waals surface area contributed by atoms with Crippen LogP contribution in [0.15, 0.2) is 91.2 Å². The first-order valence-corrected chi connectivity index (χ1v) is 19.8. The predicted octanol–water partition coefficient (Wildman–Crippen LogP) is 6.41. The summed E-state index contributed by atoms with van der Waals surface area (Å²) >= 11 is 13.4. The Morgan fingerprint density at radius 2 is 1.02 bits per heavy atom. The van der Waals surface area contributed by atoms with Gasteiger partial charge in [-0.15, -0.1) is 0 Å². The molecule has 0 spiro atoms. The Bertz CT molecular complexity index is 2620. The second-order valence-corrected chi connectivity index (χ2v) is 15.8. The maximum atomic E-state index is 13.2. The smallest absolute Gasteiger partial charge is 0.340 e. The van der Waals surface area contributed by atoms with E-state index in [9.17, 15) is 26.4 Å². The summed E-state index contributed by atoms with van der Waals surface area (Å²) in [4.78, 5) is 39.2. The van der Waals surface area contributed by atoms with Crippen molar-refractivity contribution in [2.75, 3.05) is 23.7 Å². The van der Waals surface area contributed by atoms with Crippen LogP contribution in [0.3, 0.4) is 0 Å². The zero-order valence-electron chi connectivity index (χ0n) is 29.4. The quantitative estimate of drug-likeness (QED) is 0.0697. The summed E-state index contributed by atoms with van der Waals surface area (Å²) in [5.41, 5.74) is 2.80. The highest BCUT2D eigenvalue weighted by molar-refractivity contribution is 7.90. The third-order valence-corrected chi connectivity index (χ3v) is 10.8. The van der Waals surface area contributed by atoms with Gasteiger partial charge < -0.3 is 13.6 Å². The van der Waals surface area contributed by atoms with Crippen LogP contribution in [0, 0.1) is 13.8 Å². The molecule has 2 aromatic heterocycles. The number of benzene rings is 4. The third kappa shape index (κ3) is 9.12. The number of halogens is 2. The molecule has 0 saturated carbocycles. The molecular weight excluding hydrogens is 799 g/mol. The van der Waals surface area contributed by atoms with Crippen LogP contribution in [-0.2, 0) is 42.9 Å². The number of nitrogens with one attached hydrogen (secondary N) is 4. The fourth-order valence-electron chi connectivity index (χ4n) is 5.93. The highest BCUT2D eigenvalue weighted by Crippen LogP contribution is 2.39. The van der Waals surface area contributed by atoms with Crippen molar-refractivity contribution in [2.45, 2.75) is 26.7 Å². The number of ether oxygens (including phenoxy) is 1. The van der Waals surface area contributed by atoms with Crippen LogP contribution in [0.5, 0.6) is 11.5 Å². The van der Waals surface area contributed by atoms with Crippen LogP contribution in [0.2, 0.25) is 10.0 Å². The van der Waals surface area contributed by atoms with Gasteiger partial charge in [0.25, 0.3) is 0 Å². The van der Waals surface area contributed by atoms with Crippen molar-refractivity contribution in [3.8, 4) is 11.5 Å². The fourth-order valence-corrected chi connectivity index (χ4v) is 7.73. The van der Waals surface area contributed by atoms with Crippen LogP contribution in [0.25, 0.3) is 21.9 Å². The molecule has 6 rings (SSSR count). The Labute approximate surface area is 324 Å². The van der Waals surface area contributed by atoms with E-state index in [0.29, 0.717) is 44.2 Å². The summed E-state index contributed by atoms with van der Waals surface area (Å²) in [5, 5.41) is 1.43. The molecule has 0 amide bonds. The number of hydrogen-bond acceptors (Lipinski definition) is 11. The van der Waals surface area contributed by atoms with Crippen molar-refractivity contribution in [3.63, 3.8) is 0 Å². The molecule has 0 bridgehead atoms. The molecule has 0 atom stereocenters. The van der Waals surface area contributed by atoms with E-state index in [2.05, 4.69) is 19.1 Å². The van der Waals surface area contributed by atoms with Crippen molar-refractivity contribution >= 4 is 76.9 Å². The van der Waals surface area contributed by atoms with Crippen molar-refractivity contribution in [2.24, 2.45) is 0 Å². The van der Waals surface area contributed by atoms with Gasteiger partial charge in [0.15, 0.2) is 0 Å². The molecule has 55 heavy (non-hydrogen) atoms. The van der Waals surface area contributed by atoms with Gasteiger partial charge in [-0.05, 0) is 72.5 Å². The number of rotatable bonds is 14. The Morgan fingerprint density at radius 3 is 1.40 bits per heavy atom. The lowest BCUT2D eigenvalue weighted by atomic mass is 9.99. The normalized spacial score (nSPS) is 12.0. The van der Waals surface area contributed by atoms with E-state index in [4.69, 9.17) is 36.8 Å². The Morgan fingerprint density at radius 1 is 0.618 bits per heavy atom. The maximum absolute atomic E-state index is 13.2. The lowest BCUT2D eigenvalue weighted by Gasteiger charge is -2.14. The molecule has 0 aliphatic rings. The molecule has 15 nitrogen and oxygen atoms in total. The summed E-state index contributed by atoms with van der Waals surface area (Å²) in [6.45, 7) is 3.50. The number of aryl methyl sites for hydroxylation is 2. The molecule has 0 fully saturated rings. The molecule has 0 unspecified atom stereocenters. The topological polar surface area (TPSA) is 205 Å².